The Kier molecular flexibility index (Phi) is 4.79. The molecule has 0 aliphatic rings. The zero-order valence-corrected chi connectivity index (χ0v) is 12.4. The largest absolute Gasteiger partial charge is 0.467 e. The van der Waals surface area contributed by atoms with Crippen LogP contribution >= 0.6 is 11.3 Å². The molecule has 20 heavy (non-hydrogen) atoms. The zero-order chi connectivity index (χ0) is 14.5. The van der Waals surface area contributed by atoms with Crippen LogP contribution in [0.2, 0.25) is 0 Å². The van der Waals surface area contributed by atoms with Crippen LogP contribution in [0, 0.1) is 6.92 Å². The number of rotatable bonds is 6. The Hall–Kier alpha value is -1.82. The SMILES string of the molecule is Cc1csc(=O)n1CCCC(=O)N[C@@H](C)c1ccco1. The summed E-state index contributed by atoms with van der Waals surface area (Å²) < 4.78 is 6.93. The molecule has 0 aliphatic carbocycles. The number of aryl methyl sites for hydroxylation is 1. The fraction of sp³-hybridized carbons (Fsp3) is 0.429. The minimum absolute atomic E-state index is 0.0326. The molecule has 0 fully saturated rings. The molecule has 0 aliphatic heterocycles. The second-order valence-electron chi connectivity index (χ2n) is 4.70. The Labute approximate surface area is 121 Å². The normalized spacial score (nSPS) is 12.3. The monoisotopic (exact) mass is 294 g/mol. The van der Waals surface area contributed by atoms with Crippen molar-refractivity contribution in [1.82, 2.24) is 9.88 Å². The Bertz CT molecular complexity index is 613. The maximum atomic E-state index is 11.8. The molecule has 2 aromatic heterocycles. The lowest BCUT2D eigenvalue weighted by molar-refractivity contribution is -0.122. The van der Waals surface area contributed by atoms with Gasteiger partial charge in [0.25, 0.3) is 0 Å². The van der Waals surface area contributed by atoms with E-state index in [1.54, 1.807) is 16.9 Å². The summed E-state index contributed by atoms with van der Waals surface area (Å²) in [6.45, 7) is 4.36. The Morgan fingerprint density at radius 2 is 2.35 bits per heavy atom. The third kappa shape index (κ3) is 3.60. The van der Waals surface area contributed by atoms with E-state index in [9.17, 15) is 9.59 Å². The van der Waals surface area contributed by atoms with Gasteiger partial charge in [-0.3, -0.25) is 9.59 Å². The first kappa shape index (κ1) is 14.6. The maximum absolute atomic E-state index is 11.8. The highest BCUT2D eigenvalue weighted by molar-refractivity contribution is 7.07. The topological polar surface area (TPSA) is 64.2 Å². The third-order valence-corrected chi connectivity index (χ3v) is 3.99. The van der Waals surface area contributed by atoms with Crippen LogP contribution in [-0.4, -0.2) is 10.5 Å². The van der Waals surface area contributed by atoms with Gasteiger partial charge in [0, 0.05) is 24.0 Å². The second kappa shape index (κ2) is 6.56. The number of furan rings is 1. The molecule has 0 radical (unpaired) electrons. The molecule has 0 unspecified atom stereocenters. The van der Waals surface area contributed by atoms with Gasteiger partial charge in [0.05, 0.1) is 12.3 Å². The molecule has 2 aromatic rings. The molecule has 0 saturated heterocycles. The van der Waals surface area contributed by atoms with Gasteiger partial charge in [-0.25, -0.2) is 0 Å². The predicted octanol–water partition coefficient (Wildman–Crippen LogP) is 2.47. The smallest absolute Gasteiger partial charge is 0.307 e. The quantitative estimate of drug-likeness (QED) is 0.890. The number of hydrogen-bond acceptors (Lipinski definition) is 4. The van der Waals surface area contributed by atoms with Crippen LogP contribution < -0.4 is 10.2 Å². The molecule has 6 heteroatoms. The van der Waals surface area contributed by atoms with Gasteiger partial charge in [0.1, 0.15) is 5.76 Å². The highest BCUT2D eigenvalue weighted by Crippen LogP contribution is 2.12. The van der Waals surface area contributed by atoms with Gasteiger partial charge in [0.15, 0.2) is 0 Å². The second-order valence-corrected chi connectivity index (χ2v) is 5.52. The molecule has 1 atom stereocenters. The number of aromatic nitrogens is 1. The highest BCUT2D eigenvalue weighted by atomic mass is 32.1. The van der Waals surface area contributed by atoms with E-state index in [-0.39, 0.29) is 16.8 Å². The Morgan fingerprint density at radius 3 is 2.95 bits per heavy atom. The molecule has 2 heterocycles. The van der Waals surface area contributed by atoms with Crippen LogP contribution in [0.4, 0.5) is 0 Å². The summed E-state index contributed by atoms with van der Waals surface area (Å²) in [5.41, 5.74) is 0.948. The molecule has 0 saturated carbocycles. The van der Waals surface area contributed by atoms with Crippen molar-refractivity contribution in [3.8, 4) is 0 Å². The summed E-state index contributed by atoms with van der Waals surface area (Å²) in [5.74, 6) is 0.707. The molecular formula is C14H18N2O3S. The molecule has 5 nitrogen and oxygen atoms in total. The minimum Gasteiger partial charge on any atom is -0.467 e. The summed E-state index contributed by atoms with van der Waals surface area (Å²) in [5, 5.41) is 4.71. The van der Waals surface area contributed by atoms with Gasteiger partial charge in [-0.05, 0) is 32.4 Å². The van der Waals surface area contributed by atoms with Crippen LogP contribution in [0.25, 0.3) is 0 Å². The summed E-state index contributed by atoms with van der Waals surface area (Å²) in [6.07, 6.45) is 2.63. The van der Waals surface area contributed by atoms with E-state index in [1.807, 2.05) is 25.3 Å². The van der Waals surface area contributed by atoms with Crippen LogP contribution in [-0.2, 0) is 11.3 Å². The predicted molar refractivity (Wildman–Crippen MR) is 77.8 cm³/mol. The Balaban J connectivity index is 1.77. The fourth-order valence-corrected chi connectivity index (χ4v) is 2.76. The number of nitrogens with zero attached hydrogens (tertiary/aromatic N) is 1. The number of nitrogens with one attached hydrogen (secondary N) is 1. The van der Waals surface area contributed by atoms with Gasteiger partial charge < -0.3 is 14.3 Å². The van der Waals surface area contributed by atoms with Crippen molar-refractivity contribution in [2.24, 2.45) is 0 Å². The van der Waals surface area contributed by atoms with Crippen molar-refractivity contribution in [1.29, 1.82) is 0 Å². The summed E-state index contributed by atoms with van der Waals surface area (Å²) in [6, 6.07) is 3.49. The lowest BCUT2D eigenvalue weighted by Gasteiger charge is -2.11. The first-order chi connectivity index (χ1) is 9.58. The highest BCUT2D eigenvalue weighted by Gasteiger charge is 2.11. The first-order valence-corrected chi connectivity index (χ1v) is 7.43. The van der Waals surface area contributed by atoms with E-state index < -0.39 is 0 Å². The molecule has 1 amide bonds. The van der Waals surface area contributed by atoms with Crippen LogP contribution in [0.3, 0.4) is 0 Å². The third-order valence-electron chi connectivity index (χ3n) is 3.11. The van der Waals surface area contributed by atoms with E-state index in [4.69, 9.17) is 4.42 Å². The van der Waals surface area contributed by atoms with Crippen molar-refractivity contribution in [2.75, 3.05) is 0 Å². The summed E-state index contributed by atoms with van der Waals surface area (Å²) in [4.78, 5) is 23.4. The van der Waals surface area contributed by atoms with Crippen molar-refractivity contribution in [3.05, 3.63) is 44.9 Å². The van der Waals surface area contributed by atoms with Crippen molar-refractivity contribution >= 4 is 17.2 Å². The number of carbonyl (C=O) groups excluding carboxylic acids is 1. The summed E-state index contributed by atoms with van der Waals surface area (Å²) in [7, 11) is 0. The zero-order valence-electron chi connectivity index (χ0n) is 11.6. The average molecular weight is 294 g/mol. The number of thiazole rings is 1. The van der Waals surface area contributed by atoms with Crippen LogP contribution in [0.1, 0.15) is 37.3 Å². The molecular weight excluding hydrogens is 276 g/mol. The van der Waals surface area contributed by atoms with Gasteiger partial charge >= 0.3 is 4.87 Å². The van der Waals surface area contributed by atoms with Gasteiger partial charge in [0.2, 0.25) is 5.91 Å². The Morgan fingerprint density at radius 1 is 1.55 bits per heavy atom. The maximum Gasteiger partial charge on any atom is 0.307 e. The van der Waals surface area contributed by atoms with E-state index >= 15 is 0 Å². The average Bonchev–Trinajstić information content (AvgIpc) is 3.03. The lowest BCUT2D eigenvalue weighted by atomic mass is 10.2. The number of hydrogen-bond donors (Lipinski definition) is 1. The molecule has 0 spiro atoms. The standard InChI is InChI=1S/C14H18N2O3S/c1-10-9-20-14(18)16(10)7-3-6-13(17)15-11(2)12-5-4-8-19-12/h4-5,8-9,11H,3,6-7H2,1-2H3,(H,15,17)/t11-/m0/s1. The molecule has 1 N–H and O–H groups in total. The van der Waals surface area contributed by atoms with Crippen LogP contribution in [0.5, 0.6) is 0 Å². The van der Waals surface area contributed by atoms with Crippen molar-refractivity contribution in [2.45, 2.75) is 39.3 Å². The molecule has 108 valence electrons. The van der Waals surface area contributed by atoms with E-state index in [0.29, 0.717) is 19.4 Å². The van der Waals surface area contributed by atoms with E-state index in [1.165, 1.54) is 11.3 Å². The van der Waals surface area contributed by atoms with Crippen molar-refractivity contribution < 1.29 is 9.21 Å². The molecule has 0 bridgehead atoms. The minimum atomic E-state index is -0.136. The van der Waals surface area contributed by atoms with Crippen molar-refractivity contribution in [3.63, 3.8) is 0 Å². The fourth-order valence-electron chi connectivity index (χ4n) is 1.99. The van der Waals surface area contributed by atoms with E-state index in [0.717, 1.165) is 11.5 Å². The van der Waals surface area contributed by atoms with Gasteiger partial charge in [-0.1, -0.05) is 11.3 Å². The van der Waals surface area contributed by atoms with Gasteiger partial charge in [-0.2, -0.15) is 0 Å². The summed E-state index contributed by atoms with van der Waals surface area (Å²) >= 11 is 1.19. The first-order valence-electron chi connectivity index (χ1n) is 6.55. The molecule has 0 aromatic carbocycles. The number of carbonyl (C=O) groups is 1. The van der Waals surface area contributed by atoms with Crippen LogP contribution in [0.15, 0.2) is 33.0 Å². The lowest BCUT2D eigenvalue weighted by Crippen LogP contribution is -2.26. The number of amides is 1. The molecule has 2 rings (SSSR count). The van der Waals surface area contributed by atoms with Gasteiger partial charge in [-0.15, -0.1) is 0 Å². The van der Waals surface area contributed by atoms with E-state index in [2.05, 4.69) is 5.32 Å².